The summed E-state index contributed by atoms with van der Waals surface area (Å²) in [5.74, 6) is 0. The first-order chi connectivity index (χ1) is 12.8. The Morgan fingerprint density at radius 1 is 0.769 bits per heavy atom. The molecule has 26 heavy (non-hydrogen) atoms. The van der Waals surface area contributed by atoms with Crippen molar-refractivity contribution in [3.8, 4) is 0 Å². The van der Waals surface area contributed by atoms with Crippen LogP contribution in [0.15, 0.2) is 104 Å². The van der Waals surface area contributed by atoms with Crippen molar-refractivity contribution in [2.75, 3.05) is 6.61 Å². The zero-order valence-electron chi connectivity index (χ0n) is 14.5. The van der Waals surface area contributed by atoms with E-state index >= 15 is 0 Å². The van der Waals surface area contributed by atoms with Gasteiger partial charge in [-0.2, -0.15) is 0 Å². The van der Waals surface area contributed by atoms with Gasteiger partial charge in [-0.15, -0.1) is 6.58 Å². The number of hydrogen-bond donors (Lipinski definition) is 1. The lowest BCUT2D eigenvalue weighted by molar-refractivity contribution is 0.0622. The zero-order valence-corrected chi connectivity index (χ0v) is 14.5. The van der Waals surface area contributed by atoms with Crippen LogP contribution in [0.5, 0.6) is 0 Å². The average Bonchev–Trinajstić information content (AvgIpc) is 2.72. The predicted octanol–water partition coefficient (Wildman–Crippen LogP) is 4.17. The molecule has 0 radical (unpaired) electrons. The summed E-state index contributed by atoms with van der Waals surface area (Å²) in [5.41, 5.74) is 1.70. The summed E-state index contributed by atoms with van der Waals surface area (Å²) in [6.45, 7) is 3.80. The Morgan fingerprint density at radius 2 is 1.15 bits per heavy atom. The van der Waals surface area contributed by atoms with Crippen molar-refractivity contribution in [1.29, 1.82) is 0 Å². The third kappa shape index (κ3) is 3.78. The minimum atomic E-state index is -1.41. The summed E-state index contributed by atoms with van der Waals surface area (Å²) in [6.07, 6.45) is 1.57. The van der Waals surface area contributed by atoms with E-state index < -0.39 is 12.9 Å². The Kier molecular flexibility index (Phi) is 6.02. The Hall–Kier alpha value is -2.66. The van der Waals surface area contributed by atoms with Crippen LogP contribution < -0.4 is 0 Å². The van der Waals surface area contributed by atoms with E-state index in [4.69, 9.17) is 9.31 Å². The van der Waals surface area contributed by atoms with Gasteiger partial charge in [0, 0.05) is 0 Å². The molecule has 0 saturated heterocycles. The molecule has 0 aliphatic carbocycles. The molecule has 3 rings (SSSR count). The minimum absolute atomic E-state index is 0.190. The molecule has 3 aromatic rings. The van der Waals surface area contributed by atoms with Crippen molar-refractivity contribution in [1.82, 2.24) is 0 Å². The van der Waals surface area contributed by atoms with Crippen LogP contribution in [0.3, 0.4) is 0 Å². The van der Waals surface area contributed by atoms with Crippen molar-refractivity contribution in [3.63, 3.8) is 0 Å². The van der Waals surface area contributed by atoms with Gasteiger partial charge in [0.2, 0.25) is 0 Å². The molecular weight excluding hydrogens is 323 g/mol. The maximum absolute atomic E-state index is 10.4. The maximum atomic E-state index is 10.4. The molecule has 0 aliphatic rings. The van der Waals surface area contributed by atoms with E-state index in [0.717, 1.165) is 16.7 Å². The van der Waals surface area contributed by atoms with E-state index in [1.54, 1.807) is 6.08 Å². The van der Waals surface area contributed by atoms with Gasteiger partial charge in [0.1, 0.15) is 5.60 Å². The van der Waals surface area contributed by atoms with Crippen molar-refractivity contribution >= 4 is 7.32 Å². The first-order valence-corrected chi connectivity index (χ1v) is 8.52. The highest BCUT2D eigenvalue weighted by Gasteiger charge is 2.41. The van der Waals surface area contributed by atoms with E-state index in [9.17, 15) is 5.02 Å². The summed E-state index contributed by atoms with van der Waals surface area (Å²) < 4.78 is 11.5. The molecule has 0 aromatic heterocycles. The summed E-state index contributed by atoms with van der Waals surface area (Å²) in [5, 5.41) is 10.4. The molecule has 4 heteroatoms. The molecule has 0 atom stereocenters. The van der Waals surface area contributed by atoms with Gasteiger partial charge in [0.15, 0.2) is 0 Å². The van der Waals surface area contributed by atoms with E-state index in [0.29, 0.717) is 0 Å². The Labute approximate surface area is 154 Å². The Morgan fingerprint density at radius 3 is 1.50 bits per heavy atom. The lowest BCUT2D eigenvalue weighted by Gasteiger charge is -2.36. The van der Waals surface area contributed by atoms with Crippen LogP contribution in [0.2, 0.25) is 0 Å². The molecule has 130 valence electrons. The minimum Gasteiger partial charge on any atom is -0.402 e. The van der Waals surface area contributed by atoms with Gasteiger partial charge >= 0.3 is 7.32 Å². The number of benzene rings is 3. The molecule has 0 spiro atoms. The standard InChI is InChI=1S/C22H21BO3/c1-2-18-25-23(24)26-22(19-12-6-3-7-13-19,20-14-8-4-9-15-20)21-16-10-5-11-17-21/h2-17,24H,1,18H2. The molecule has 3 nitrogen and oxygen atoms in total. The second-order valence-electron chi connectivity index (χ2n) is 5.83. The lowest BCUT2D eigenvalue weighted by Crippen LogP contribution is -2.40. The molecule has 0 unspecified atom stereocenters. The summed E-state index contributed by atoms with van der Waals surface area (Å²) in [4.78, 5) is 0. The maximum Gasteiger partial charge on any atom is 0.638 e. The van der Waals surface area contributed by atoms with Crippen molar-refractivity contribution in [2.24, 2.45) is 0 Å². The second-order valence-corrected chi connectivity index (χ2v) is 5.83. The molecule has 0 bridgehead atoms. The number of rotatable bonds is 8. The van der Waals surface area contributed by atoms with E-state index in [-0.39, 0.29) is 6.61 Å². The molecule has 0 fully saturated rings. The third-order valence-corrected chi connectivity index (χ3v) is 4.18. The fourth-order valence-electron chi connectivity index (χ4n) is 3.06. The van der Waals surface area contributed by atoms with Crippen molar-refractivity contribution in [3.05, 3.63) is 120 Å². The zero-order chi connectivity index (χ0) is 18.2. The van der Waals surface area contributed by atoms with Gasteiger partial charge in [-0.3, -0.25) is 0 Å². The average molecular weight is 344 g/mol. The van der Waals surface area contributed by atoms with Crippen LogP contribution in [0.4, 0.5) is 0 Å². The fourth-order valence-corrected chi connectivity index (χ4v) is 3.06. The van der Waals surface area contributed by atoms with E-state index in [1.165, 1.54) is 0 Å². The SMILES string of the molecule is C=CCOB(O)OC(c1ccccc1)(c1ccccc1)c1ccccc1. The summed E-state index contributed by atoms with van der Waals surface area (Å²) in [7, 11) is -1.41. The highest BCUT2D eigenvalue weighted by Crippen LogP contribution is 2.40. The quantitative estimate of drug-likeness (QED) is 0.379. The molecule has 3 aromatic carbocycles. The predicted molar refractivity (Wildman–Crippen MR) is 104 cm³/mol. The number of hydrogen-bond acceptors (Lipinski definition) is 3. The molecule has 1 N–H and O–H groups in total. The van der Waals surface area contributed by atoms with E-state index in [2.05, 4.69) is 6.58 Å². The van der Waals surface area contributed by atoms with E-state index in [1.807, 2.05) is 91.0 Å². The highest BCUT2D eigenvalue weighted by atomic mass is 16.7. The monoisotopic (exact) mass is 344 g/mol. The van der Waals surface area contributed by atoms with Crippen LogP contribution in [-0.2, 0) is 14.9 Å². The smallest absolute Gasteiger partial charge is 0.402 e. The third-order valence-electron chi connectivity index (χ3n) is 4.18. The van der Waals surface area contributed by atoms with Gasteiger partial charge in [-0.25, -0.2) is 0 Å². The summed E-state index contributed by atoms with van der Waals surface area (Å²) in [6, 6.07) is 29.5. The summed E-state index contributed by atoms with van der Waals surface area (Å²) >= 11 is 0. The Bertz CT molecular complexity index is 710. The van der Waals surface area contributed by atoms with Crippen LogP contribution >= 0.6 is 0 Å². The normalized spacial score (nSPS) is 11.1. The Balaban J connectivity index is 2.19. The van der Waals surface area contributed by atoms with Crippen LogP contribution in [0.25, 0.3) is 0 Å². The van der Waals surface area contributed by atoms with Gasteiger partial charge in [0.05, 0.1) is 6.61 Å². The first kappa shape index (κ1) is 18.1. The van der Waals surface area contributed by atoms with Gasteiger partial charge in [-0.05, 0) is 16.7 Å². The van der Waals surface area contributed by atoms with Crippen molar-refractivity contribution < 1.29 is 14.3 Å². The molecule has 0 aliphatic heterocycles. The van der Waals surface area contributed by atoms with Crippen LogP contribution in [0.1, 0.15) is 16.7 Å². The van der Waals surface area contributed by atoms with Crippen LogP contribution in [-0.4, -0.2) is 19.0 Å². The molecule has 0 saturated carbocycles. The van der Waals surface area contributed by atoms with Gasteiger partial charge < -0.3 is 14.3 Å². The molecular formula is C22H21BO3. The molecule has 0 amide bonds. The topological polar surface area (TPSA) is 38.7 Å². The van der Waals surface area contributed by atoms with Crippen molar-refractivity contribution in [2.45, 2.75) is 5.60 Å². The van der Waals surface area contributed by atoms with Gasteiger partial charge in [0.25, 0.3) is 0 Å². The second kappa shape index (κ2) is 8.63. The largest absolute Gasteiger partial charge is 0.638 e. The van der Waals surface area contributed by atoms with Gasteiger partial charge in [-0.1, -0.05) is 97.1 Å². The molecule has 0 heterocycles. The van der Waals surface area contributed by atoms with Crippen LogP contribution in [0, 0.1) is 0 Å². The first-order valence-electron chi connectivity index (χ1n) is 8.52. The highest BCUT2D eigenvalue weighted by molar-refractivity contribution is 6.34. The lowest BCUT2D eigenvalue weighted by atomic mass is 9.79. The fraction of sp³-hybridized carbons (Fsp3) is 0.0909.